The highest BCUT2D eigenvalue weighted by Crippen LogP contribution is 2.33. The number of halogens is 5. The lowest BCUT2D eigenvalue weighted by Gasteiger charge is -2.19. The summed E-state index contributed by atoms with van der Waals surface area (Å²) >= 11 is 15.0. The number of nitrogens with one attached hydrogen (secondary N) is 1. The number of hydrogen-bond acceptors (Lipinski definition) is 1. The average Bonchev–Trinajstić information content (AvgIpc) is 2.40. The second-order valence-electron chi connectivity index (χ2n) is 4.18. The van der Waals surface area contributed by atoms with Crippen molar-refractivity contribution in [2.75, 3.05) is 7.05 Å². The maximum atomic E-state index is 14.1. The van der Waals surface area contributed by atoms with Crippen LogP contribution < -0.4 is 5.32 Å². The fraction of sp³-hybridized carbons (Fsp3) is 0.143. The van der Waals surface area contributed by atoms with Crippen molar-refractivity contribution in [1.82, 2.24) is 5.32 Å². The minimum atomic E-state index is -0.681. The van der Waals surface area contributed by atoms with E-state index < -0.39 is 17.7 Å². The minimum Gasteiger partial charge on any atom is -0.309 e. The highest BCUT2D eigenvalue weighted by molar-refractivity contribution is 9.10. The van der Waals surface area contributed by atoms with Gasteiger partial charge >= 0.3 is 0 Å². The van der Waals surface area contributed by atoms with Crippen molar-refractivity contribution in [3.05, 3.63) is 67.6 Å². The van der Waals surface area contributed by atoms with Gasteiger partial charge in [0.2, 0.25) is 0 Å². The van der Waals surface area contributed by atoms with Gasteiger partial charge in [0.05, 0.1) is 11.1 Å². The van der Waals surface area contributed by atoms with Crippen molar-refractivity contribution in [3.63, 3.8) is 0 Å². The summed E-state index contributed by atoms with van der Waals surface area (Å²) in [6.45, 7) is 0. The van der Waals surface area contributed by atoms with Crippen molar-refractivity contribution >= 4 is 39.1 Å². The van der Waals surface area contributed by atoms with E-state index in [4.69, 9.17) is 23.2 Å². The van der Waals surface area contributed by atoms with Crippen LogP contribution >= 0.6 is 39.1 Å². The van der Waals surface area contributed by atoms with Gasteiger partial charge in [-0.25, -0.2) is 8.78 Å². The zero-order valence-corrected chi connectivity index (χ0v) is 13.5. The molecule has 2 aromatic carbocycles. The maximum absolute atomic E-state index is 14.1. The lowest BCUT2D eigenvalue weighted by atomic mass is 9.98. The largest absolute Gasteiger partial charge is 0.309 e. The molecule has 2 aromatic rings. The second-order valence-corrected chi connectivity index (χ2v) is 5.87. The fourth-order valence-electron chi connectivity index (χ4n) is 1.97. The van der Waals surface area contributed by atoms with Gasteiger partial charge in [-0.3, -0.25) is 0 Å². The molecule has 0 aliphatic heterocycles. The summed E-state index contributed by atoms with van der Waals surface area (Å²) in [5.74, 6) is -0.952. The molecule has 0 amide bonds. The Balaban J connectivity index is 2.58. The van der Waals surface area contributed by atoms with Crippen LogP contribution in [0.25, 0.3) is 0 Å². The second kappa shape index (κ2) is 6.39. The standard InChI is InChI=1S/C14H10BrCl2F2N/c1-20-14(8-4-7(16)2-3-12(8)18)9-5-11(17)10(15)6-13(9)19/h2-6,14,20H,1H3. The van der Waals surface area contributed by atoms with E-state index in [1.54, 1.807) is 7.05 Å². The van der Waals surface area contributed by atoms with Crippen LogP contribution in [0.15, 0.2) is 34.8 Å². The monoisotopic (exact) mass is 379 g/mol. The number of benzene rings is 2. The molecule has 0 heterocycles. The molecule has 2 rings (SSSR count). The average molecular weight is 381 g/mol. The zero-order valence-electron chi connectivity index (χ0n) is 10.4. The van der Waals surface area contributed by atoms with E-state index in [0.29, 0.717) is 14.5 Å². The van der Waals surface area contributed by atoms with Crippen molar-refractivity contribution in [1.29, 1.82) is 0 Å². The number of hydrogen-bond donors (Lipinski definition) is 1. The predicted octanol–water partition coefficient (Wildman–Crippen LogP) is 5.34. The molecule has 0 aliphatic rings. The molecule has 0 saturated carbocycles. The van der Waals surface area contributed by atoms with Crippen molar-refractivity contribution < 1.29 is 8.78 Å². The molecule has 1 atom stereocenters. The van der Waals surface area contributed by atoms with Crippen LogP contribution in [0.2, 0.25) is 10.0 Å². The normalized spacial score (nSPS) is 12.5. The van der Waals surface area contributed by atoms with Gasteiger partial charge in [-0.2, -0.15) is 0 Å². The summed E-state index contributed by atoms with van der Waals surface area (Å²) in [5.41, 5.74) is 0.513. The summed E-state index contributed by atoms with van der Waals surface area (Å²) in [7, 11) is 1.61. The first-order valence-corrected chi connectivity index (χ1v) is 7.25. The molecule has 1 nitrogen and oxygen atoms in total. The van der Waals surface area contributed by atoms with Crippen LogP contribution in [-0.4, -0.2) is 7.05 Å². The smallest absolute Gasteiger partial charge is 0.129 e. The molecule has 1 unspecified atom stereocenters. The van der Waals surface area contributed by atoms with Gasteiger partial charge in [0.15, 0.2) is 0 Å². The molecule has 1 N–H and O–H groups in total. The summed E-state index contributed by atoms with van der Waals surface area (Å²) in [6, 6.07) is 6.19. The Bertz CT molecular complexity index is 649. The molecule has 0 aromatic heterocycles. The van der Waals surface area contributed by atoms with E-state index in [1.165, 1.54) is 30.3 Å². The van der Waals surface area contributed by atoms with E-state index in [1.807, 2.05) is 0 Å². The van der Waals surface area contributed by atoms with Crippen LogP contribution in [0.3, 0.4) is 0 Å². The van der Waals surface area contributed by atoms with Crippen molar-refractivity contribution in [2.45, 2.75) is 6.04 Å². The third-order valence-corrected chi connectivity index (χ3v) is 4.34. The van der Waals surface area contributed by atoms with Gasteiger partial charge < -0.3 is 5.32 Å². The summed E-state index contributed by atoms with van der Waals surface area (Å²) < 4.78 is 28.5. The molecule has 20 heavy (non-hydrogen) atoms. The summed E-state index contributed by atoms with van der Waals surface area (Å²) in [5, 5.41) is 3.61. The van der Waals surface area contributed by atoms with Crippen LogP contribution in [0, 0.1) is 11.6 Å². The molecule has 0 saturated heterocycles. The Labute approximate surface area is 134 Å². The molecule has 6 heteroatoms. The van der Waals surface area contributed by atoms with Crippen molar-refractivity contribution in [3.8, 4) is 0 Å². The maximum Gasteiger partial charge on any atom is 0.129 e. The van der Waals surface area contributed by atoms with Gasteiger partial charge in [-0.05, 0) is 53.3 Å². The van der Waals surface area contributed by atoms with Crippen LogP contribution in [0.1, 0.15) is 17.2 Å². The highest BCUT2D eigenvalue weighted by atomic mass is 79.9. The Morgan fingerprint density at radius 2 is 1.70 bits per heavy atom. The SMILES string of the molecule is CNC(c1cc(Cl)ccc1F)c1cc(Cl)c(Br)cc1F. The van der Waals surface area contributed by atoms with Gasteiger partial charge in [-0.15, -0.1) is 0 Å². The van der Waals surface area contributed by atoms with Crippen LogP contribution in [0.5, 0.6) is 0 Å². The molecular formula is C14H10BrCl2F2N. The first-order chi connectivity index (χ1) is 9.43. The van der Waals surface area contributed by atoms with Gasteiger partial charge in [-0.1, -0.05) is 23.2 Å². The zero-order chi connectivity index (χ0) is 14.9. The fourth-order valence-corrected chi connectivity index (χ4v) is 2.64. The third kappa shape index (κ3) is 3.14. The molecule has 0 bridgehead atoms. The molecule has 0 fully saturated rings. The van der Waals surface area contributed by atoms with Crippen LogP contribution in [0.4, 0.5) is 8.78 Å². The lowest BCUT2D eigenvalue weighted by Crippen LogP contribution is -2.20. The van der Waals surface area contributed by atoms with E-state index in [-0.39, 0.29) is 11.1 Å². The predicted molar refractivity (Wildman–Crippen MR) is 81.4 cm³/mol. The Kier molecular flexibility index (Phi) is 5.02. The van der Waals surface area contributed by atoms with Gasteiger partial charge in [0, 0.05) is 20.6 Å². The molecule has 0 spiro atoms. The number of rotatable bonds is 3. The highest BCUT2D eigenvalue weighted by Gasteiger charge is 2.21. The van der Waals surface area contributed by atoms with E-state index in [0.717, 1.165) is 0 Å². The molecular weight excluding hydrogens is 371 g/mol. The first kappa shape index (κ1) is 15.7. The van der Waals surface area contributed by atoms with E-state index in [2.05, 4.69) is 21.2 Å². The quantitative estimate of drug-likeness (QED) is 0.708. The Morgan fingerprint density at radius 1 is 1.05 bits per heavy atom. The lowest BCUT2D eigenvalue weighted by molar-refractivity contribution is 0.546. The minimum absolute atomic E-state index is 0.252. The van der Waals surface area contributed by atoms with Gasteiger partial charge in [0.1, 0.15) is 11.6 Å². The molecule has 0 radical (unpaired) electrons. The molecule has 106 valence electrons. The van der Waals surface area contributed by atoms with E-state index in [9.17, 15) is 8.78 Å². The van der Waals surface area contributed by atoms with Crippen molar-refractivity contribution in [2.24, 2.45) is 0 Å². The summed E-state index contributed by atoms with van der Waals surface area (Å²) in [6.07, 6.45) is 0. The van der Waals surface area contributed by atoms with E-state index >= 15 is 0 Å². The first-order valence-electron chi connectivity index (χ1n) is 5.70. The van der Waals surface area contributed by atoms with Gasteiger partial charge in [0.25, 0.3) is 0 Å². The Hall–Kier alpha value is -0.680. The third-order valence-electron chi connectivity index (χ3n) is 2.91. The summed E-state index contributed by atoms with van der Waals surface area (Å²) in [4.78, 5) is 0. The topological polar surface area (TPSA) is 12.0 Å². The Morgan fingerprint density at radius 3 is 2.35 bits per heavy atom. The molecule has 0 aliphatic carbocycles. The van der Waals surface area contributed by atoms with Crippen LogP contribution in [-0.2, 0) is 0 Å².